The molecular formula is C18H19IN2O5. The number of likely N-dealkylation sites (tertiary alicyclic amines) is 1. The number of halogens is 1. The number of nitrogens with zero attached hydrogens (tertiary/aromatic N) is 1. The van der Waals surface area contributed by atoms with Crippen molar-refractivity contribution in [3.8, 4) is 0 Å². The minimum atomic E-state index is -0.761. The summed E-state index contributed by atoms with van der Waals surface area (Å²) in [5, 5.41) is 2.62. The van der Waals surface area contributed by atoms with Gasteiger partial charge in [-0.15, -0.1) is 0 Å². The summed E-state index contributed by atoms with van der Waals surface area (Å²) in [7, 11) is 0. The maximum atomic E-state index is 12.3. The third kappa shape index (κ3) is 4.22. The molecule has 0 aromatic heterocycles. The first kappa shape index (κ1) is 18.8. The van der Waals surface area contributed by atoms with Gasteiger partial charge < -0.3 is 10.1 Å². The van der Waals surface area contributed by atoms with E-state index in [1.165, 1.54) is 0 Å². The summed E-state index contributed by atoms with van der Waals surface area (Å²) >= 11 is 2.12. The zero-order valence-electron chi connectivity index (χ0n) is 14.1. The van der Waals surface area contributed by atoms with E-state index in [9.17, 15) is 19.2 Å². The zero-order valence-corrected chi connectivity index (χ0v) is 16.2. The predicted molar refractivity (Wildman–Crippen MR) is 101 cm³/mol. The van der Waals surface area contributed by atoms with Gasteiger partial charge >= 0.3 is 5.97 Å². The Morgan fingerprint density at radius 1 is 1.15 bits per heavy atom. The van der Waals surface area contributed by atoms with Crippen molar-refractivity contribution in [2.24, 2.45) is 11.8 Å². The Morgan fingerprint density at radius 3 is 2.42 bits per heavy atom. The Kier molecular flexibility index (Phi) is 5.90. The molecule has 7 nitrogen and oxygen atoms in total. The zero-order chi connectivity index (χ0) is 18.7. The Balaban J connectivity index is 1.49. The van der Waals surface area contributed by atoms with Crippen LogP contribution in [0.1, 0.15) is 25.7 Å². The number of ether oxygens (including phenoxy) is 1. The van der Waals surface area contributed by atoms with E-state index in [0.717, 1.165) is 21.3 Å². The second-order valence-corrected chi connectivity index (χ2v) is 7.72. The van der Waals surface area contributed by atoms with Crippen LogP contribution in [-0.4, -0.2) is 41.7 Å². The largest absolute Gasteiger partial charge is 0.454 e. The lowest BCUT2D eigenvalue weighted by atomic mass is 9.81. The molecule has 0 radical (unpaired) electrons. The molecule has 1 heterocycles. The minimum Gasteiger partial charge on any atom is -0.454 e. The normalized spacial score (nSPS) is 22.1. The standard InChI is InChI=1S/C18H19IN2O5/c19-11-4-3-5-12(8-11)20-15(22)10-26-16(23)9-21-17(24)13-6-1-2-7-14(13)18(21)25/h3-5,8,13-14H,1-2,6-7,9-10H2,(H,20,22)/t13-,14-/m0/s1. The number of fused-ring (bicyclic) bond motifs is 1. The smallest absolute Gasteiger partial charge is 0.326 e. The molecule has 8 heteroatoms. The van der Waals surface area contributed by atoms with Gasteiger partial charge in [-0.1, -0.05) is 18.9 Å². The molecule has 1 aliphatic carbocycles. The number of hydrogen-bond donors (Lipinski definition) is 1. The molecular weight excluding hydrogens is 451 g/mol. The average Bonchev–Trinajstić information content (AvgIpc) is 2.85. The molecule has 1 aromatic carbocycles. The molecule has 3 rings (SSSR count). The molecule has 0 unspecified atom stereocenters. The van der Waals surface area contributed by atoms with E-state index in [4.69, 9.17) is 4.74 Å². The van der Waals surface area contributed by atoms with E-state index >= 15 is 0 Å². The number of esters is 1. The highest BCUT2D eigenvalue weighted by atomic mass is 127. The molecule has 0 bridgehead atoms. The number of carbonyl (C=O) groups excluding carboxylic acids is 4. The molecule has 2 fully saturated rings. The lowest BCUT2D eigenvalue weighted by molar-refractivity contribution is -0.154. The van der Waals surface area contributed by atoms with Gasteiger partial charge in [-0.2, -0.15) is 0 Å². The summed E-state index contributed by atoms with van der Waals surface area (Å²) in [6, 6.07) is 7.19. The first-order valence-electron chi connectivity index (χ1n) is 8.52. The average molecular weight is 470 g/mol. The van der Waals surface area contributed by atoms with Gasteiger partial charge in [-0.05, 0) is 53.6 Å². The highest BCUT2D eigenvalue weighted by Crippen LogP contribution is 2.37. The van der Waals surface area contributed by atoms with E-state index < -0.39 is 25.0 Å². The molecule has 2 atom stereocenters. The fraction of sp³-hybridized carbons (Fsp3) is 0.444. The van der Waals surface area contributed by atoms with Crippen LogP contribution in [-0.2, 0) is 23.9 Å². The molecule has 1 saturated carbocycles. The van der Waals surface area contributed by atoms with Crippen LogP contribution in [0.15, 0.2) is 24.3 Å². The van der Waals surface area contributed by atoms with Crippen molar-refractivity contribution in [1.29, 1.82) is 0 Å². The monoisotopic (exact) mass is 470 g/mol. The van der Waals surface area contributed by atoms with Crippen molar-refractivity contribution in [3.63, 3.8) is 0 Å². The van der Waals surface area contributed by atoms with Crippen LogP contribution in [0.5, 0.6) is 0 Å². The number of rotatable bonds is 5. The third-order valence-corrected chi connectivity index (χ3v) is 5.36. The summed E-state index contributed by atoms with van der Waals surface area (Å²) in [6.07, 6.45) is 3.24. The van der Waals surface area contributed by atoms with Crippen molar-refractivity contribution in [3.05, 3.63) is 27.8 Å². The van der Waals surface area contributed by atoms with Gasteiger partial charge in [0.1, 0.15) is 6.54 Å². The van der Waals surface area contributed by atoms with E-state index in [2.05, 4.69) is 27.9 Å². The Hall–Kier alpha value is -1.97. The van der Waals surface area contributed by atoms with E-state index in [1.807, 2.05) is 6.07 Å². The first-order valence-corrected chi connectivity index (χ1v) is 9.60. The Morgan fingerprint density at radius 2 is 1.81 bits per heavy atom. The van der Waals surface area contributed by atoms with Crippen molar-refractivity contribution in [2.45, 2.75) is 25.7 Å². The van der Waals surface area contributed by atoms with Crippen LogP contribution in [0.3, 0.4) is 0 Å². The number of hydrogen-bond acceptors (Lipinski definition) is 5. The molecule has 1 aliphatic heterocycles. The molecule has 1 saturated heterocycles. The van der Waals surface area contributed by atoms with Crippen LogP contribution in [0.25, 0.3) is 0 Å². The van der Waals surface area contributed by atoms with E-state index in [1.54, 1.807) is 18.2 Å². The van der Waals surface area contributed by atoms with E-state index in [0.29, 0.717) is 18.5 Å². The SMILES string of the molecule is O=C(COC(=O)CN1C(=O)[C@H]2CCCC[C@@H]2C1=O)Nc1cccc(I)c1. The number of nitrogens with one attached hydrogen (secondary N) is 1. The van der Waals surface area contributed by atoms with Crippen LogP contribution in [0, 0.1) is 15.4 Å². The molecule has 0 spiro atoms. The summed E-state index contributed by atoms with van der Waals surface area (Å²) in [5.41, 5.74) is 0.604. The van der Waals surface area contributed by atoms with Crippen molar-refractivity contribution in [2.75, 3.05) is 18.5 Å². The van der Waals surface area contributed by atoms with Gasteiger partial charge in [0.2, 0.25) is 11.8 Å². The fourth-order valence-electron chi connectivity index (χ4n) is 3.47. The third-order valence-electron chi connectivity index (χ3n) is 4.69. The summed E-state index contributed by atoms with van der Waals surface area (Å²) in [6.45, 7) is -0.894. The lowest BCUT2D eigenvalue weighted by Gasteiger charge is -2.19. The number of amides is 3. The Labute approximate surface area is 164 Å². The van der Waals surface area contributed by atoms with Crippen LogP contribution >= 0.6 is 22.6 Å². The van der Waals surface area contributed by atoms with Gasteiger partial charge in [0, 0.05) is 9.26 Å². The van der Waals surface area contributed by atoms with Crippen LogP contribution in [0.4, 0.5) is 5.69 Å². The topological polar surface area (TPSA) is 92.8 Å². The number of benzene rings is 1. The molecule has 26 heavy (non-hydrogen) atoms. The molecule has 3 amide bonds. The maximum absolute atomic E-state index is 12.3. The maximum Gasteiger partial charge on any atom is 0.326 e. The van der Waals surface area contributed by atoms with E-state index in [-0.39, 0.29) is 23.7 Å². The second kappa shape index (κ2) is 8.15. The Bertz CT molecular complexity index is 727. The molecule has 1 aromatic rings. The van der Waals surface area contributed by atoms with Crippen LogP contribution in [0.2, 0.25) is 0 Å². The van der Waals surface area contributed by atoms with Gasteiger partial charge in [-0.25, -0.2) is 0 Å². The fourth-order valence-corrected chi connectivity index (χ4v) is 4.01. The van der Waals surface area contributed by atoms with Crippen molar-refractivity contribution >= 4 is 52.0 Å². The van der Waals surface area contributed by atoms with Crippen molar-refractivity contribution in [1.82, 2.24) is 4.90 Å². The van der Waals surface area contributed by atoms with Gasteiger partial charge in [0.05, 0.1) is 11.8 Å². The predicted octanol–water partition coefficient (Wildman–Crippen LogP) is 1.95. The second-order valence-electron chi connectivity index (χ2n) is 6.48. The quantitative estimate of drug-likeness (QED) is 0.404. The minimum absolute atomic E-state index is 0.292. The van der Waals surface area contributed by atoms with Gasteiger partial charge in [0.15, 0.2) is 6.61 Å². The van der Waals surface area contributed by atoms with Crippen LogP contribution < -0.4 is 5.32 Å². The van der Waals surface area contributed by atoms with Gasteiger partial charge in [-0.3, -0.25) is 24.1 Å². The summed E-state index contributed by atoms with van der Waals surface area (Å²) < 4.78 is 5.88. The highest BCUT2D eigenvalue weighted by Gasteiger charge is 2.48. The van der Waals surface area contributed by atoms with Gasteiger partial charge in [0.25, 0.3) is 5.91 Å². The summed E-state index contributed by atoms with van der Waals surface area (Å²) in [4.78, 5) is 49.4. The number of anilines is 1. The number of imide groups is 1. The first-order chi connectivity index (χ1) is 12.5. The van der Waals surface area contributed by atoms with Crippen molar-refractivity contribution < 1.29 is 23.9 Å². The number of carbonyl (C=O) groups is 4. The molecule has 2 aliphatic rings. The lowest BCUT2D eigenvalue weighted by Crippen LogP contribution is -2.37. The molecule has 1 N–H and O–H groups in total. The molecule has 138 valence electrons. The highest BCUT2D eigenvalue weighted by molar-refractivity contribution is 14.1. The summed E-state index contributed by atoms with van der Waals surface area (Å²) in [5.74, 6) is -2.42.